The van der Waals surface area contributed by atoms with Crippen molar-refractivity contribution in [3.63, 3.8) is 0 Å². The fourth-order valence-electron chi connectivity index (χ4n) is 2.45. The molecule has 1 aromatic rings. The predicted octanol–water partition coefficient (Wildman–Crippen LogP) is 3.30. The SMILES string of the molecule is C#Cc1ccc(C2CCCCC2)c(N)c1. The molecule has 1 aliphatic rings. The van der Waals surface area contributed by atoms with Gasteiger partial charge in [-0.15, -0.1) is 6.42 Å². The van der Waals surface area contributed by atoms with Gasteiger partial charge in [-0.25, -0.2) is 0 Å². The van der Waals surface area contributed by atoms with Crippen LogP contribution >= 0.6 is 0 Å². The maximum absolute atomic E-state index is 6.03. The third-order valence-corrected chi connectivity index (χ3v) is 3.30. The second kappa shape index (κ2) is 4.40. The van der Waals surface area contributed by atoms with Crippen molar-refractivity contribution in [1.29, 1.82) is 0 Å². The van der Waals surface area contributed by atoms with Gasteiger partial charge in [0.25, 0.3) is 0 Å². The molecule has 1 aliphatic carbocycles. The average Bonchev–Trinajstić information content (AvgIpc) is 2.30. The average molecular weight is 199 g/mol. The Morgan fingerprint density at radius 2 is 1.93 bits per heavy atom. The van der Waals surface area contributed by atoms with E-state index in [2.05, 4.69) is 12.0 Å². The van der Waals surface area contributed by atoms with E-state index in [1.165, 1.54) is 37.7 Å². The highest BCUT2D eigenvalue weighted by atomic mass is 14.6. The van der Waals surface area contributed by atoms with E-state index in [1.54, 1.807) is 0 Å². The lowest BCUT2D eigenvalue weighted by Gasteiger charge is -2.23. The van der Waals surface area contributed by atoms with E-state index in [0.717, 1.165) is 11.3 Å². The van der Waals surface area contributed by atoms with Gasteiger partial charge in [-0.1, -0.05) is 31.2 Å². The second-order valence-corrected chi connectivity index (χ2v) is 4.32. The summed E-state index contributed by atoms with van der Waals surface area (Å²) in [5.74, 6) is 3.28. The molecule has 0 atom stereocenters. The number of benzene rings is 1. The smallest absolute Gasteiger partial charge is 0.0361 e. The molecule has 0 aliphatic heterocycles. The lowest BCUT2D eigenvalue weighted by Crippen LogP contribution is -2.07. The molecule has 0 saturated heterocycles. The van der Waals surface area contributed by atoms with Gasteiger partial charge in [0, 0.05) is 11.3 Å². The summed E-state index contributed by atoms with van der Waals surface area (Å²) in [4.78, 5) is 0. The topological polar surface area (TPSA) is 26.0 Å². The lowest BCUT2D eigenvalue weighted by molar-refractivity contribution is 0.444. The Labute approximate surface area is 91.7 Å². The van der Waals surface area contributed by atoms with Gasteiger partial charge < -0.3 is 5.73 Å². The van der Waals surface area contributed by atoms with E-state index in [-0.39, 0.29) is 0 Å². The molecule has 0 unspecified atom stereocenters. The summed E-state index contributed by atoms with van der Waals surface area (Å²) in [5.41, 5.74) is 9.09. The van der Waals surface area contributed by atoms with Crippen LogP contribution in [0.1, 0.15) is 49.1 Å². The van der Waals surface area contributed by atoms with Crippen LogP contribution in [0, 0.1) is 12.3 Å². The van der Waals surface area contributed by atoms with Crippen LogP contribution in [0.25, 0.3) is 0 Å². The Hall–Kier alpha value is -1.42. The van der Waals surface area contributed by atoms with Crippen LogP contribution in [0.5, 0.6) is 0 Å². The fourth-order valence-corrected chi connectivity index (χ4v) is 2.45. The summed E-state index contributed by atoms with van der Waals surface area (Å²) < 4.78 is 0. The molecule has 0 heterocycles. The minimum atomic E-state index is 0.658. The van der Waals surface area contributed by atoms with E-state index in [9.17, 15) is 0 Å². The third-order valence-electron chi connectivity index (χ3n) is 3.30. The molecule has 2 rings (SSSR count). The van der Waals surface area contributed by atoms with E-state index < -0.39 is 0 Å². The Balaban J connectivity index is 2.24. The standard InChI is InChI=1S/C14H17N/c1-2-11-8-9-13(14(15)10-11)12-6-4-3-5-7-12/h1,8-10,12H,3-7,15H2. The van der Waals surface area contributed by atoms with Crippen molar-refractivity contribution in [1.82, 2.24) is 0 Å². The Bertz CT molecular complexity index is 381. The summed E-state index contributed by atoms with van der Waals surface area (Å²) in [5, 5.41) is 0. The number of nitrogens with two attached hydrogens (primary N) is 1. The molecule has 0 radical (unpaired) electrons. The maximum Gasteiger partial charge on any atom is 0.0361 e. The van der Waals surface area contributed by atoms with Crippen molar-refractivity contribution in [3.05, 3.63) is 29.3 Å². The molecule has 1 nitrogen and oxygen atoms in total. The van der Waals surface area contributed by atoms with Crippen LogP contribution in [-0.2, 0) is 0 Å². The number of hydrogen-bond acceptors (Lipinski definition) is 1. The van der Waals surface area contributed by atoms with Crippen LogP contribution < -0.4 is 5.73 Å². The minimum Gasteiger partial charge on any atom is -0.398 e. The summed E-state index contributed by atoms with van der Waals surface area (Å²) in [7, 11) is 0. The van der Waals surface area contributed by atoms with Crippen molar-refractivity contribution < 1.29 is 0 Å². The normalized spacial score (nSPS) is 17.3. The van der Waals surface area contributed by atoms with Crippen LogP contribution in [0.15, 0.2) is 18.2 Å². The fraction of sp³-hybridized carbons (Fsp3) is 0.429. The first-order valence-corrected chi connectivity index (χ1v) is 5.67. The van der Waals surface area contributed by atoms with E-state index in [0.29, 0.717) is 5.92 Å². The summed E-state index contributed by atoms with van der Waals surface area (Å²) in [6, 6.07) is 6.03. The van der Waals surface area contributed by atoms with Crippen LogP contribution in [0.4, 0.5) is 5.69 Å². The highest BCUT2D eigenvalue weighted by molar-refractivity contribution is 5.54. The molecular formula is C14H17N. The Morgan fingerprint density at radius 1 is 1.20 bits per heavy atom. The van der Waals surface area contributed by atoms with E-state index in [4.69, 9.17) is 12.2 Å². The molecule has 1 aromatic carbocycles. The zero-order valence-corrected chi connectivity index (χ0v) is 9.00. The molecule has 1 fully saturated rings. The van der Waals surface area contributed by atoms with Crippen molar-refractivity contribution in [3.8, 4) is 12.3 Å². The first kappa shape index (κ1) is 10.1. The van der Waals surface area contributed by atoms with Gasteiger partial charge in [0.05, 0.1) is 0 Å². The summed E-state index contributed by atoms with van der Waals surface area (Å²) >= 11 is 0. The van der Waals surface area contributed by atoms with Gasteiger partial charge in [0.15, 0.2) is 0 Å². The van der Waals surface area contributed by atoms with Crippen LogP contribution in [-0.4, -0.2) is 0 Å². The maximum atomic E-state index is 6.03. The van der Waals surface area contributed by atoms with E-state index in [1.807, 2.05) is 12.1 Å². The first-order valence-electron chi connectivity index (χ1n) is 5.67. The molecule has 1 heteroatoms. The van der Waals surface area contributed by atoms with Gasteiger partial charge >= 0.3 is 0 Å². The molecule has 0 spiro atoms. The molecular weight excluding hydrogens is 182 g/mol. The van der Waals surface area contributed by atoms with Crippen molar-refractivity contribution in [2.75, 3.05) is 5.73 Å². The van der Waals surface area contributed by atoms with Gasteiger partial charge in [0.1, 0.15) is 0 Å². The second-order valence-electron chi connectivity index (χ2n) is 4.32. The number of rotatable bonds is 1. The summed E-state index contributed by atoms with van der Waals surface area (Å²) in [6.45, 7) is 0. The molecule has 0 bridgehead atoms. The molecule has 1 saturated carbocycles. The number of anilines is 1. The van der Waals surface area contributed by atoms with Gasteiger partial charge in [-0.05, 0) is 36.5 Å². The predicted molar refractivity (Wildman–Crippen MR) is 64.6 cm³/mol. The van der Waals surface area contributed by atoms with Crippen molar-refractivity contribution >= 4 is 5.69 Å². The molecule has 15 heavy (non-hydrogen) atoms. The van der Waals surface area contributed by atoms with E-state index >= 15 is 0 Å². The summed E-state index contributed by atoms with van der Waals surface area (Å²) in [6.07, 6.45) is 11.9. The molecule has 0 amide bonds. The van der Waals surface area contributed by atoms with Crippen LogP contribution in [0.3, 0.4) is 0 Å². The molecule has 2 N–H and O–H groups in total. The van der Waals surface area contributed by atoms with Gasteiger partial charge in [0.2, 0.25) is 0 Å². The monoisotopic (exact) mass is 199 g/mol. The van der Waals surface area contributed by atoms with Crippen LogP contribution in [0.2, 0.25) is 0 Å². The van der Waals surface area contributed by atoms with Gasteiger partial charge in [-0.3, -0.25) is 0 Å². The van der Waals surface area contributed by atoms with Gasteiger partial charge in [-0.2, -0.15) is 0 Å². The lowest BCUT2D eigenvalue weighted by atomic mass is 9.83. The highest BCUT2D eigenvalue weighted by Gasteiger charge is 2.17. The first-order chi connectivity index (χ1) is 7.31. The quantitative estimate of drug-likeness (QED) is 0.545. The third kappa shape index (κ3) is 2.15. The molecule has 0 aromatic heterocycles. The Kier molecular flexibility index (Phi) is 2.97. The zero-order chi connectivity index (χ0) is 10.7. The zero-order valence-electron chi connectivity index (χ0n) is 9.00. The Morgan fingerprint density at radius 3 is 2.53 bits per heavy atom. The number of nitrogen functional groups attached to an aromatic ring is 1. The van der Waals surface area contributed by atoms with Crippen molar-refractivity contribution in [2.24, 2.45) is 0 Å². The molecule has 78 valence electrons. The number of hydrogen-bond donors (Lipinski definition) is 1. The largest absolute Gasteiger partial charge is 0.398 e. The number of terminal acetylenes is 1. The van der Waals surface area contributed by atoms with Crippen molar-refractivity contribution in [2.45, 2.75) is 38.0 Å². The highest BCUT2D eigenvalue weighted by Crippen LogP contribution is 2.35. The minimum absolute atomic E-state index is 0.658.